The summed E-state index contributed by atoms with van der Waals surface area (Å²) in [4.78, 5) is 0. The van der Waals surface area contributed by atoms with E-state index in [1.807, 2.05) is 0 Å². The van der Waals surface area contributed by atoms with E-state index in [9.17, 15) is 0 Å². The molecule has 0 fully saturated rings. The van der Waals surface area contributed by atoms with E-state index in [-0.39, 0.29) is 0 Å². The van der Waals surface area contributed by atoms with Gasteiger partial charge in [0.1, 0.15) is 42.3 Å². The van der Waals surface area contributed by atoms with Gasteiger partial charge in [0.2, 0.25) is 34.2 Å². The molecule has 0 atom stereocenters. The SMILES string of the molecule is Cc1cc[n+](C)c(-c2cccc(C)c2C)c1.Cc1ccc(C)c(-c2cccc(C)[n+]2C)c1.Cc1cccc(C)c1-c1cccc(C)[n+]1C.Cc1cccc(C)c1-c1cccc(C)[n+]1C.Cc1ccccc1-c1c(C)ccc(C)[n+]1C.Cc1ccccc1-c1c(C)ccc(C)[n+]1C. The summed E-state index contributed by atoms with van der Waals surface area (Å²) in [5.74, 6) is 0. The van der Waals surface area contributed by atoms with E-state index in [1.54, 1.807) is 0 Å². The highest BCUT2D eigenvalue weighted by Crippen LogP contribution is 2.29. The molecule has 12 rings (SSSR count). The molecule has 492 valence electrons. The number of aryl methyl sites for hydroxylation is 18. The normalized spacial score (nSPS) is 10.5. The molecule has 0 amide bonds. The van der Waals surface area contributed by atoms with Gasteiger partial charge in [-0.25, -0.2) is 4.57 Å². The third kappa shape index (κ3) is 18.0. The molecule has 0 bridgehead atoms. The third-order valence-electron chi connectivity index (χ3n) is 19.2. The van der Waals surface area contributed by atoms with Gasteiger partial charge in [0.15, 0.2) is 34.7 Å². The van der Waals surface area contributed by atoms with Crippen molar-refractivity contribution in [2.75, 3.05) is 0 Å². The highest BCUT2D eigenvalue weighted by molar-refractivity contribution is 5.68. The van der Waals surface area contributed by atoms with E-state index in [2.05, 4.69) is 413 Å². The number of pyridine rings is 6. The van der Waals surface area contributed by atoms with Gasteiger partial charge in [0.05, 0.1) is 11.1 Å². The van der Waals surface area contributed by atoms with Gasteiger partial charge in [-0.1, -0.05) is 103 Å². The van der Waals surface area contributed by atoms with Gasteiger partial charge in [-0.2, -0.15) is 22.8 Å². The predicted octanol–water partition coefficient (Wildman–Crippen LogP) is 18.6. The summed E-state index contributed by atoms with van der Waals surface area (Å²) >= 11 is 0. The summed E-state index contributed by atoms with van der Waals surface area (Å²) in [5, 5.41) is 0. The first-order valence-corrected chi connectivity index (χ1v) is 33.8. The lowest BCUT2D eigenvalue weighted by Crippen LogP contribution is -2.35. The first-order valence-electron chi connectivity index (χ1n) is 33.8. The second-order valence-corrected chi connectivity index (χ2v) is 26.4. The average molecular weight is 1270 g/mol. The maximum Gasteiger partial charge on any atom is 0.215 e. The molecule has 0 unspecified atom stereocenters. The largest absolute Gasteiger partial charge is 0.215 e. The molecule has 0 saturated carbocycles. The lowest BCUT2D eigenvalue weighted by molar-refractivity contribution is -0.667. The van der Waals surface area contributed by atoms with E-state index in [4.69, 9.17) is 0 Å². The van der Waals surface area contributed by atoms with Gasteiger partial charge >= 0.3 is 0 Å². The van der Waals surface area contributed by atoms with Crippen LogP contribution in [0.1, 0.15) is 101 Å². The molecule has 0 radical (unpaired) electrons. The van der Waals surface area contributed by atoms with Crippen LogP contribution in [0.4, 0.5) is 0 Å². The zero-order valence-corrected chi connectivity index (χ0v) is 62.5. The highest BCUT2D eigenvalue weighted by atomic mass is 15.0. The maximum atomic E-state index is 2.26. The number of hydrogen-bond donors (Lipinski definition) is 0. The number of hydrogen-bond acceptors (Lipinski definition) is 0. The van der Waals surface area contributed by atoms with Crippen molar-refractivity contribution in [2.24, 2.45) is 42.3 Å². The van der Waals surface area contributed by atoms with Crippen LogP contribution in [-0.2, 0) is 42.3 Å². The summed E-state index contributed by atoms with van der Waals surface area (Å²) in [6.45, 7) is 38.8. The first-order chi connectivity index (χ1) is 45.6. The van der Waals surface area contributed by atoms with E-state index >= 15 is 0 Å². The topological polar surface area (TPSA) is 23.3 Å². The minimum absolute atomic E-state index is 1.28. The van der Waals surface area contributed by atoms with Crippen LogP contribution in [0.3, 0.4) is 0 Å². The van der Waals surface area contributed by atoms with Crippen LogP contribution in [0, 0.1) is 125 Å². The fourth-order valence-electron chi connectivity index (χ4n) is 12.5. The lowest BCUT2D eigenvalue weighted by Gasteiger charge is -2.08. The van der Waals surface area contributed by atoms with E-state index < -0.39 is 0 Å². The quantitative estimate of drug-likeness (QED) is 0.148. The molecule has 6 heterocycles. The molecule has 6 nitrogen and oxygen atoms in total. The predicted molar refractivity (Wildman–Crippen MR) is 404 cm³/mol. The summed E-state index contributed by atoms with van der Waals surface area (Å²) in [5.41, 5.74) is 39.5. The standard InChI is InChI=1S/6C15H18N/c2*1-11-7-5-8-12(2)15(11)14-10-6-9-13(3)16(14)4;1-11-8-9-12(2)14(10-11)15-7-5-6-13(3)16(15)4;1-11-8-9-16(4)15(10-11)14-7-5-6-12(2)13(14)3;2*1-11-7-5-6-8-14(11)15-12(2)9-10-13(3)16(15)4/h6*5-10H,1-4H3/q6*+1. The van der Waals surface area contributed by atoms with Crippen LogP contribution in [0.15, 0.2) is 219 Å². The van der Waals surface area contributed by atoms with Crippen LogP contribution < -0.4 is 27.4 Å². The summed E-state index contributed by atoms with van der Waals surface area (Å²) in [6.07, 6.45) is 2.12. The van der Waals surface area contributed by atoms with Crippen LogP contribution in [0.5, 0.6) is 0 Å². The summed E-state index contributed by atoms with van der Waals surface area (Å²) in [7, 11) is 12.7. The zero-order chi connectivity index (χ0) is 70.2. The Balaban J connectivity index is 0.000000163. The van der Waals surface area contributed by atoms with E-state index in [0.29, 0.717) is 0 Å². The van der Waals surface area contributed by atoms with Crippen LogP contribution in [0.25, 0.3) is 67.5 Å². The number of nitrogens with zero attached hydrogens (tertiary/aromatic N) is 6. The molecule has 6 aromatic heterocycles. The van der Waals surface area contributed by atoms with Gasteiger partial charge in [-0.15, -0.1) is 0 Å². The molecule has 0 N–H and O–H groups in total. The van der Waals surface area contributed by atoms with Gasteiger partial charge in [0.25, 0.3) is 0 Å². The second-order valence-electron chi connectivity index (χ2n) is 26.4. The second kappa shape index (κ2) is 33.6. The zero-order valence-electron chi connectivity index (χ0n) is 62.5. The van der Waals surface area contributed by atoms with Gasteiger partial charge in [-0.05, 0) is 200 Å². The van der Waals surface area contributed by atoms with Crippen molar-refractivity contribution in [2.45, 2.75) is 125 Å². The molecule has 12 aromatic rings. The molecule has 6 heteroatoms. The van der Waals surface area contributed by atoms with E-state index in [1.165, 1.54) is 168 Å². The van der Waals surface area contributed by atoms with Crippen molar-refractivity contribution in [3.8, 4) is 67.5 Å². The van der Waals surface area contributed by atoms with Crippen molar-refractivity contribution in [1.82, 2.24) is 0 Å². The Morgan fingerprint density at radius 3 is 0.969 bits per heavy atom. The minimum Gasteiger partial charge on any atom is -0.201 e. The Morgan fingerprint density at radius 2 is 0.531 bits per heavy atom. The number of rotatable bonds is 6. The van der Waals surface area contributed by atoms with Crippen molar-refractivity contribution in [3.05, 3.63) is 319 Å². The molecule has 6 aromatic carbocycles. The van der Waals surface area contributed by atoms with Crippen LogP contribution >= 0.6 is 0 Å². The van der Waals surface area contributed by atoms with Crippen molar-refractivity contribution >= 4 is 0 Å². The fourth-order valence-corrected chi connectivity index (χ4v) is 12.5. The van der Waals surface area contributed by atoms with Gasteiger partial charge in [0, 0.05) is 129 Å². The Labute approximate surface area is 577 Å². The first kappa shape index (κ1) is 73.6. The molecule has 0 saturated heterocycles. The lowest BCUT2D eigenvalue weighted by atomic mass is 9.99. The molecule has 96 heavy (non-hydrogen) atoms. The highest BCUT2D eigenvalue weighted by Gasteiger charge is 2.21. The van der Waals surface area contributed by atoms with Gasteiger partial charge < -0.3 is 0 Å². The molecule has 0 aliphatic heterocycles. The summed E-state index contributed by atoms with van der Waals surface area (Å²) in [6, 6.07) is 75.5. The van der Waals surface area contributed by atoms with Crippen LogP contribution in [-0.4, -0.2) is 0 Å². The fraction of sp³-hybridized carbons (Fsp3) is 0.267. The average Bonchev–Trinajstić information content (AvgIpc) is 0.884. The monoisotopic (exact) mass is 1270 g/mol. The minimum atomic E-state index is 1.28. The Morgan fingerprint density at radius 1 is 0.208 bits per heavy atom. The Hall–Kier alpha value is -9.78. The Bertz CT molecular complexity index is 4360. The molecule has 0 aliphatic rings. The maximum absolute atomic E-state index is 2.26. The number of benzene rings is 6. The molecular weight excluding hydrogens is 1170 g/mol. The molecular formula is C90H108N6+6. The van der Waals surface area contributed by atoms with Crippen molar-refractivity contribution in [1.29, 1.82) is 0 Å². The Kier molecular flexibility index (Phi) is 25.7. The molecule has 0 spiro atoms. The number of aromatic nitrogens is 6. The smallest absolute Gasteiger partial charge is 0.201 e. The van der Waals surface area contributed by atoms with Gasteiger partial charge in [-0.3, -0.25) is 0 Å². The van der Waals surface area contributed by atoms with Crippen molar-refractivity contribution in [3.63, 3.8) is 0 Å². The third-order valence-corrected chi connectivity index (χ3v) is 19.2. The van der Waals surface area contributed by atoms with Crippen molar-refractivity contribution < 1.29 is 27.4 Å². The van der Waals surface area contributed by atoms with Crippen LogP contribution in [0.2, 0.25) is 0 Å². The molecule has 0 aliphatic carbocycles. The summed E-state index contributed by atoms with van der Waals surface area (Å²) < 4.78 is 13.4. The van der Waals surface area contributed by atoms with E-state index in [0.717, 1.165) is 0 Å².